The van der Waals surface area contributed by atoms with Gasteiger partial charge in [-0.2, -0.15) is 0 Å². The molecule has 1 aliphatic rings. The molecular weight excluding hydrogens is 409 g/mol. The van der Waals surface area contributed by atoms with Gasteiger partial charge in [-0.3, -0.25) is 14.7 Å². The van der Waals surface area contributed by atoms with Crippen molar-refractivity contribution in [2.75, 3.05) is 19.6 Å². The zero-order chi connectivity index (χ0) is 16.8. The van der Waals surface area contributed by atoms with E-state index in [1.54, 1.807) is 6.92 Å². The molecule has 1 saturated heterocycles. The highest BCUT2D eigenvalue weighted by atomic mass is 127. The first-order valence-corrected chi connectivity index (χ1v) is 7.98. The topological polar surface area (TPSA) is 99.8 Å². The van der Waals surface area contributed by atoms with E-state index in [9.17, 15) is 9.59 Å². The van der Waals surface area contributed by atoms with Gasteiger partial charge in [-0.05, 0) is 32.1 Å². The Balaban J connectivity index is 0.00000484. The van der Waals surface area contributed by atoms with E-state index in [2.05, 4.69) is 29.5 Å². The molecule has 1 rings (SSSR count). The second-order valence-corrected chi connectivity index (χ2v) is 6.30. The fourth-order valence-electron chi connectivity index (χ4n) is 2.16. The molecule has 0 saturated carbocycles. The molecule has 0 aromatic rings. The fraction of sp³-hybridized carbons (Fsp3) is 0.800. The number of hydrogen-bond donors (Lipinski definition) is 3. The molecule has 1 unspecified atom stereocenters. The number of halogens is 1. The van der Waals surface area contributed by atoms with Crippen molar-refractivity contribution < 1.29 is 9.59 Å². The van der Waals surface area contributed by atoms with Gasteiger partial charge in [0.05, 0.1) is 0 Å². The van der Waals surface area contributed by atoms with Crippen molar-refractivity contribution in [3.63, 3.8) is 0 Å². The molecule has 4 N–H and O–H groups in total. The highest BCUT2D eigenvalue weighted by Gasteiger charge is 2.45. The lowest BCUT2D eigenvalue weighted by Gasteiger charge is -2.19. The average Bonchev–Trinajstić information content (AvgIpc) is 2.66. The van der Waals surface area contributed by atoms with Crippen molar-refractivity contribution in [2.24, 2.45) is 16.6 Å². The van der Waals surface area contributed by atoms with Crippen LogP contribution in [0.25, 0.3) is 0 Å². The zero-order valence-corrected chi connectivity index (χ0v) is 16.8. The van der Waals surface area contributed by atoms with Crippen LogP contribution in [0.5, 0.6) is 0 Å². The summed E-state index contributed by atoms with van der Waals surface area (Å²) in [6.07, 6.45) is 2.22. The van der Waals surface area contributed by atoms with Crippen LogP contribution in [0.4, 0.5) is 4.79 Å². The molecular formula is C15H30IN5O2. The molecule has 0 bridgehead atoms. The second-order valence-electron chi connectivity index (χ2n) is 6.30. The van der Waals surface area contributed by atoms with Crippen LogP contribution in [-0.2, 0) is 4.79 Å². The van der Waals surface area contributed by atoms with Crippen molar-refractivity contribution in [3.05, 3.63) is 0 Å². The summed E-state index contributed by atoms with van der Waals surface area (Å²) in [5, 5.41) is 5.78. The van der Waals surface area contributed by atoms with E-state index < -0.39 is 5.54 Å². The molecule has 0 aromatic carbocycles. The van der Waals surface area contributed by atoms with E-state index in [1.807, 2.05) is 6.92 Å². The normalized spacial score (nSPS) is 21.4. The first kappa shape index (κ1) is 21.9. The van der Waals surface area contributed by atoms with Gasteiger partial charge in [-0.1, -0.05) is 20.8 Å². The summed E-state index contributed by atoms with van der Waals surface area (Å²) >= 11 is 0. The van der Waals surface area contributed by atoms with Gasteiger partial charge in [0.25, 0.3) is 5.91 Å². The van der Waals surface area contributed by atoms with Crippen molar-refractivity contribution in [2.45, 2.75) is 52.5 Å². The number of carbonyl (C=O) groups is 2. The summed E-state index contributed by atoms with van der Waals surface area (Å²) in [7, 11) is 0. The van der Waals surface area contributed by atoms with E-state index in [4.69, 9.17) is 5.73 Å². The summed E-state index contributed by atoms with van der Waals surface area (Å²) in [5.41, 5.74) is 4.99. The van der Waals surface area contributed by atoms with Crippen LogP contribution in [0.1, 0.15) is 47.0 Å². The van der Waals surface area contributed by atoms with Gasteiger partial charge in [-0.25, -0.2) is 4.79 Å². The minimum absolute atomic E-state index is 0. The molecule has 1 fully saturated rings. The number of amides is 3. The van der Waals surface area contributed by atoms with Gasteiger partial charge in [0.15, 0.2) is 5.96 Å². The summed E-state index contributed by atoms with van der Waals surface area (Å²) in [6.45, 7) is 9.59. The molecule has 1 heterocycles. The molecule has 23 heavy (non-hydrogen) atoms. The molecule has 0 radical (unpaired) electrons. The Bertz CT molecular complexity index is 442. The van der Waals surface area contributed by atoms with Crippen LogP contribution in [0, 0.1) is 5.92 Å². The number of aliphatic imine (C=N–C) groups is 1. The average molecular weight is 439 g/mol. The Labute approximate surface area is 155 Å². The molecule has 0 aromatic heterocycles. The Kier molecular flexibility index (Phi) is 9.48. The predicted octanol–water partition coefficient (Wildman–Crippen LogP) is 1.67. The third-order valence-electron chi connectivity index (χ3n) is 3.90. The number of nitrogens with zero attached hydrogens (tertiary/aromatic N) is 2. The summed E-state index contributed by atoms with van der Waals surface area (Å²) in [4.78, 5) is 29.5. The number of rotatable bonds is 8. The maximum Gasteiger partial charge on any atom is 0.325 e. The Hall–Kier alpha value is -1.06. The van der Waals surface area contributed by atoms with Crippen LogP contribution in [0.2, 0.25) is 0 Å². The molecule has 3 amide bonds. The quantitative estimate of drug-likeness (QED) is 0.176. The van der Waals surface area contributed by atoms with Crippen LogP contribution in [0.15, 0.2) is 4.99 Å². The van der Waals surface area contributed by atoms with Crippen LogP contribution in [0.3, 0.4) is 0 Å². The highest BCUT2D eigenvalue weighted by Crippen LogP contribution is 2.20. The predicted molar refractivity (Wildman–Crippen MR) is 103 cm³/mol. The van der Waals surface area contributed by atoms with E-state index in [0.29, 0.717) is 37.8 Å². The van der Waals surface area contributed by atoms with E-state index in [-0.39, 0.29) is 35.9 Å². The fourth-order valence-corrected chi connectivity index (χ4v) is 2.16. The van der Waals surface area contributed by atoms with Gasteiger partial charge in [0, 0.05) is 19.6 Å². The molecule has 0 spiro atoms. The number of nitrogens with two attached hydrogens (primary N) is 1. The van der Waals surface area contributed by atoms with Crippen molar-refractivity contribution in [1.29, 1.82) is 0 Å². The number of carbonyl (C=O) groups excluding carboxylic acids is 2. The molecule has 7 nitrogen and oxygen atoms in total. The SMILES string of the molecule is CCC1(C)NC(=O)N(CCCN=C(N)NCCC(C)C)C1=O.I. The summed E-state index contributed by atoms with van der Waals surface area (Å²) in [6, 6.07) is -0.318. The monoisotopic (exact) mass is 439 g/mol. The molecule has 0 aliphatic carbocycles. The smallest absolute Gasteiger partial charge is 0.325 e. The number of guanidine groups is 1. The number of imide groups is 1. The van der Waals surface area contributed by atoms with Crippen molar-refractivity contribution in [3.8, 4) is 0 Å². The van der Waals surface area contributed by atoms with Gasteiger partial charge in [0.2, 0.25) is 0 Å². The number of urea groups is 1. The Morgan fingerprint density at radius 2 is 2.09 bits per heavy atom. The first-order chi connectivity index (χ1) is 10.3. The van der Waals surface area contributed by atoms with E-state index in [0.717, 1.165) is 13.0 Å². The summed E-state index contributed by atoms with van der Waals surface area (Å²) in [5.74, 6) is 0.871. The van der Waals surface area contributed by atoms with Crippen LogP contribution >= 0.6 is 24.0 Å². The maximum atomic E-state index is 12.2. The molecule has 1 aliphatic heterocycles. The summed E-state index contributed by atoms with van der Waals surface area (Å²) < 4.78 is 0. The van der Waals surface area contributed by atoms with Gasteiger partial charge in [-0.15, -0.1) is 24.0 Å². The van der Waals surface area contributed by atoms with Gasteiger partial charge >= 0.3 is 6.03 Å². The Morgan fingerprint density at radius 3 is 2.61 bits per heavy atom. The van der Waals surface area contributed by atoms with E-state index in [1.165, 1.54) is 4.90 Å². The molecule has 8 heteroatoms. The number of hydrogen-bond acceptors (Lipinski definition) is 3. The van der Waals surface area contributed by atoms with Gasteiger partial charge < -0.3 is 16.4 Å². The second kappa shape index (κ2) is 9.94. The first-order valence-electron chi connectivity index (χ1n) is 7.98. The largest absolute Gasteiger partial charge is 0.370 e. The maximum absolute atomic E-state index is 12.2. The standard InChI is InChI=1S/C15H29N5O2.HI/c1-5-15(4)12(21)20(14(22)19-15)10-6-8-17-13(16)18-9-7-11(2)3;/h11H,5-10H2,1-4H3,(H,19,22)(H3,16,17,18);1H. The Morgan fingerprint density at radius 1 is 1.43 bits per heavy atom. The zero-order valence-electron chi connectivity index (χ0n) is 14.5. The minimum Gasteiger partial charge on any atom is -0.370 e. The third-order valence-corrected chi connectivity index (χ3v) is 3.90. The van der Waals surface area contributed by atoms with Crippen molar-refractivity contribution in [1.82, 2.24) is 15.5 Å². The minimum atomic E-state index is -0.766. The van der Waals surface area contributed by atoms with Crippen LogP contribution in [-0.4, -0.2) is 48.0 Å². The lowest BCUT2D eigenvalue weighted by molar-refractivity contribution is -0.130. The third kappa shape index (κ3) is 6.52. The molecule has 1 atom stereocenters. The number of nitrogens with one attached hydrogen (secondary N) is 2. The lowest BCUT2D eigenvalue weighted by Crippen LogP contribution is -2.43. The van der Waals surface area contributed by atoms with Gasteiger partial charge in [0.1, 0.15) is 5.54 Å². The highest BCUT2D eigenvalue weighted by molar-refractivity contribution is 14.0. The van der Waals surface area contributed by atoms with E-state index >= 15 is 0 Å². The molecule has 134 valence electrons. The lowest BCUT2D eigenvalue weighted by atomic mass is 9.99. The van der Waals surface area contributed by atoms with Crippen LogP contribution < -0.4 is 16.4 Å². The van der Waals surface area contributed by atoms with Crippen molar-refractivity contribution >= 4 is 41.9 Å².